The number of nitrogens with one attached hydrogen (secondary N) is 1. The Morgan fingerprint density at radius 2 is 1.86 bits per heavy atom. The van der Waals surface area contributed by atoms with E-state index in [2.05, 4.69) is 24.1 Å². The fourth-order valence-electron chi connectivity index (χ4n) is 4.89. The highest BCUT2D eigenvalue weighted by atomic mass is 19.1. The normalized spacial score (nSPS) is 23.8. The van der Waals surface area contributed by atoms with E-state index >= 15 is 0 Å². The first-order chi connectivity index (χ1) is 17.7. The molecule has 1 fully saturated rings. The Kier molecular flexibility index (Phi) is 8.82. The first-order valence-corrected chi connectivity index (χ1v) is 13.1. The van der Waals surface area contributed by atoms with Gasteiger partial charge in [0.15, 0.2) is 0 Å². The first kappa shape index (κ1) is 27.1. The Labute approximate surface area is 218 Å². The topological polar surface area (TPSA) is 71.1 Å². The number of carbonyl (C=O) groups excluding carboxylic acids is 2. The molecule has 0 radical (unpaired) electrons. The quantitative estimate of drug-likeness (QED) is 0.637. The summed E-state index contributed by atoms with van der Waals surface area (Å²) in [5.41, 5.74) is 2.02. The maximum absolute atomic E-state index is 13.5. The SMILES string of the molecule is CO[C@@H]1CN(C)C(=O)c2cc(NC(=O)C3CCC3)ccc2OC[C@@H](C)N(Cc2ccc(F)cc2)C[C@H]1C. The molecule has 37 heavy (non-hydrogen) atoms. The minimum atomic E-state index is -0.255. The van der Waals surface area contributed by atoms with Gasteiger partial charge in [-0.1, -0.05) is 25.5 Å². The molecule has 1 saturated carbocycles. The second kappa shape index (κ2) is 12.0. The molecule has 3 atom stereocenters. The van der Waals surface area contributed by atoms with Crippen molar-refractivity contribution in [2.75, 3.05) is 39.2 Å². The zero-order valence-corrected chi connectivity index (χ0v) is 22.2. The largest absolute Gasteiger partial charge is 0.491 e. The van der Waals surface area contributed by atoms with E-state index in [0.29, 0.717) is 36.7 Å². The number of halogens is 1. The maximum atomic E-state index is 13.5. The van der Waals surface area contributed by atoms with Gasteiger partial charge in [0.25, 0.3) is 5.91 Å². The highest BCUT2D eigenvalue weighted by molar-refractivity contribution is 6.00. The van der Waals surface area contributed by atoms with Crippen LogP contribution < -0.4 is 10.1 Å². The summed E-state index contributed by atoms with van der Waals surface area (Å²) in [7, 11) is 3.43. The summed E-state index contributed by atoms with van der Waals surface area (Å²) in [5.74, 6) is 0.214. The van der Waals surface area contributed by atoms with Gasteiger partial charge in [0, 0.05) is 51.4 Å². The van der Waals surface area contributed by atoms with Crippen LogP contribution in [0.15, 0.2) is 42.5 Å². The van der Waals surface area contributed by atoms with Crippen LogP contribution in [0.3, 0.4) is 0 Å². The second-order valence-corrected chi connectivity index (χ2v) is 10.5. The summed E-state index contributed by atoms with van der Waals surface area (Å²) in [6.45, 7) is 6.34. The van der Waals surface area contributed by atoms with E-state index in [1.807, 2.05) is 0 Å². The van der Waals surface area contributed by atoms with Crippen LogP contribution in [0.5, 0.6) is 5.75 Å². The van der Waals surface area contributed by atoms with Gasteiger partial charge >= 0.3 is 0 Å². The molecule has 0 unspecified atom stereocenters. The van der Waals surface area contributed by atoms with Crippen molar-refractivity contribution in [1.82, 2.24) is 9.80 Å². The highest BCUT2D eigenvalue weighted by Crippen LogP contribution is 2.30. The number of rotatable bonds is 5. The Hall–Kier alpha value is -2.97. The van der Waals surface area contributed by atoms with Crippen molar-refractivity contribution in [3.05, 3.63) is 59.4 Å². The fraction of sp³-hybridized carbons (Fsp3) is 0.517. The van der Waals surface area contributed by atoms with Crippen LogP contribution in [0.1, 0.15) is 49.0 Å². The van der Waals surface area contributed by atoms with E-state index in [1.165, 1.54) is 12.1 Å². The molecule has 0 spiro atoms. The lowest BCUT2D eigenvalue weighted by atomic mass is 9.85. The summed E-state index contributed by atoms with van der Waals surface area (Å²) >= 11 is 0. The zero-order chi connectivity index (χ0) is 26.5. The zero-order valence-electron chi connectivity index (χ0n) is 22.2. The molecule has 1 N–H and O–H groups in total. The van der Waals surface area contributed by atoms with E-state index in [-0.39, 0.29) is 41.6 Å². The lowest BCUT2D eigenvalue weighted by molar-refractivity contribution is -0.122. The standard InChI is InChI=1S/C29H38FN3O4/c1-19-15-33(16-21-8-10-23(30)11-9-21)20(2)18-37-26-13-12-24(31-28(34)22-6-5-7-22)14-25(26)29(35)32(3)17-27(19)36-4/h8-14,19-20,22,27H,5-7,15-18H2,1-4H3,(H,31,34)/t19-,20-,27-/m1/s1. The molecular formula is C29H38FN3O4. The lowest BCUT2D eigenvalue weighted by Crippen LogP contribution is -2.46. The van der Waals surface area contributed by atoms with Crippen LogP contribution in [0, 0.1) is 17.7 Å². The first-order valence-electron chi connectivity index (χ1n) is 13.1. The van der Waals surface area contributed by atoms with Crippen molar-refractivity contribution in [1.29, 1.82) is 0 Å². The van der Waals surface area contributed by atoms with Gasteiger partial charge in [-0.15, -0.1) is 0 Å². The summed E-state index contributed by atoms with van der Waals surface area (Å²) in [5, 5.41) is 2.96. The third-order valence-electron chi connectivity index (χ3n) is 7.62. The number of hydrogen-bond acceptors (Lipinski definition) is 5. The van der Waals surface area contributed by atoms with E-state index in [1.54, 1.807) is 49.4 Å². The van der Waals surface area contributed by atoms with Gasteiger partial charge in [0.05, 0.1) is 11.7 Å². The van der Waals surface area contributed by atoms with Crippen molar-refractivity contribution in [3.63, 3.8) is 0 Å². The monoisotopic (exact) mass is 511 g/mol. The highest BCUT2D eigenvalue weighted by Gasteiger charge is 2.29. The van der Waals surface area contributed by atoms with Crippen molar-refractivity contribution in [2.24, 2.45) is 11.8 Å². The summed E-state index contributed by atoms with van der Waals surface area (Å²) in [6, 6.07) is 11.8. The third kappa shape index (κ3) is 6.67. The van der Waals surface area contributed by atoms with Crippen molar-refractivity contribution in [3.8, 4) is 5.75 Å². The van der Waals surface area contributed by atoms with Crippen LogP contribution in [-0.2, 0) is 16.1 Å². The second-order valence-electron chi connectivity index (χ2n) is 10.5. The number of benzene rings is 2. The average molecular weight is 512 g/mol. The molecule has 1 heterocycles. The van der Waals surface area contributed by atoms with E-state index < -0.39 is 0 Å². The van der Waals surface area contributed by atoms with Crippen LogP contribution in [0.4, 0.5) is 10.1 Å². The number of anilines is 1. The summed E-state index contributed by atoms with van der Waals surface area (Å²) < 4.78 is 25.5. The van der Waals surface area contributed by atoms with Crippen LogP contribution >= 0.6 is 0 Å². The number of likely N-dealkylation sites (N-methyl/N-ethyl adjacent to an activating group) is 1. The van der Waals surface area contributed by atoms with Crippen LogP contribution in [-0.4, -0.2) is 67.6 Å². The van der Waals surface area contributed by atoms with Gasteiger partial charge in [-0.3, -0.25) is 14.5 Å². The molecule has 0 aromatic heterocycles. The third-order valence-corrected chi connectivity index (χ3v) is 7.62. The molecule has 7 nitrogen and oxygen atoms in total. The number of fused-ring (bicyclic) bond motifs is 1. The van der Waals surface area contributed by atoms with Crippen molar-refractivity contribution >= 4 is 17.5 Å². The minimum absolute atomic E-state index is 0.000551. The van der Waals surface area contributed by atoms with Crippen molar-refractivity contribution in [2.45, 2.75) is 51.8 Å². The molecule has 1 aliphatic carbocycles. The van der Waals surface area contributed by atoms with Gasteiger partial charge in [-0.2, -0.15) is 0 Å². The smallest absolute Gasteiger partial charge is 0.257 e. The van der Waals surface area contributed by atoms with Gasteiger partial charge in [0.1, 0.15) is 18.2 Å². The number of amides is 2. The fourth-order valence-corrected chi connectivity index (χ4v) is 4.89. The van der Waals surface area contributed by atoms with Crippen LogP contribution in [0.25, 0.3) is 0 Å². The van der Waals surface area contributed by atoms with E-state index in [0.717, 1.165) is 31.4 Å². The molecule has 2 amide bonds. The number of ether oxygens (including phenoxy) is 2. The predicted molar refractivity (Wildman–Crippen MR) is 141 cm³/mol. The Balaban J connectivity index is 1.60. The Morgan fingerprint density at radius 1 is 1.14 bits per heavy atom. The van der Waals surface area contributed by atoms with E-state index in [9.17, 15) is 14.0 Å². The number of carbonyl (C=O) groups is 2. The maximum Gasteiger partial charge on any atom is 0.257 e. The number of nitrogens with zero attached hydrogens (tertiary/aromatic N) is 2. The van der Waals surface area contributed by atoms with Crippen molar-refractivity contribution < 1.29 is 23.5 Å². The molecule has 2 aromatic carbocycles. The van der Waals surface area contributed by atoms with Gasteiger partial charge in [-0.25, -0.2) is 4.39 Å². The van der Waals surface area contributed by atoms with Crippen LogP contribution in [0.2, 0.25) is 0 Å². The number of methoxy groups -OCH3 is 1. The molecule has 200 valence electrons. The molecule has 2 aromatic rings. The van der Waals surface area contributed by atoms with Gasteiger partial charge < -0.3 is 19.7 Å². The lowest BCUT2D eigenvalue weighted by Gasteiger charge is -2.36. The van der Waals surface area contributed by atoms with Gasteiger partial charge in [0.2, 0.25) is 5.91 Å². The summed E-state index contributed by atoms with van der Waals surface area (Å²) in [6.07, 6.45) is 2.71. The molecule has 8 heteroatoms. The molecule has 0 bridgehead atoms. The van der Waals surface area contributed by atoms with Gasteiger partial charge in [-0.05, 0) is 61.6 Å². The molecular weight excluding hydrogens is 473 g/mol. The average Bonchev–Trinajstić information content (AvgIpc) is 2.84. The summed E-state index contributed by atoms with van der Waals surface area (Å²) in [4.78, 5) is 30.0. The molecule has 1 aliphatic heterocycles. The van der Waals surface area contributed by atoms with E-state index in [4.69, 9.17) is 9.47 Å². The molecule has 4 rings (SSSR count). The Morgan fingerprint density at radius 3 is 2.51 bits per heavy atom. The minimum Gasteiger partial charge on any atom is -0.491 e. The Bertz CT molecular complexity index is 1090. The molecule has 2 aliphatic rings. The molecule has 0 saturated heterocycles. The number of hydrogen-bond donors (Lipinski definition) is 1. The predicted octanol–water partition coefficient (Wildman–Crippen LogP) is 4.57.